The molecule has 0 bridgehead atoms. The number of aromatic nitrogens is 2. The van der Waals surface area contributed by atoms with Crippen LogP contribution in [0.5, 0.6) is 5.75 Å². The molecule has 3 rings (SSSR count). The predicted octanol–water partition coefficient (Wildman–Crippen LogP) is 2.89. The third-order valence-electron chi connectivity index (χ3n) is 4.74. The van der Waals surface area contributed by atoms with E-state index < -0.39 is 0 Å². The van der Waals surface area contributed by atoms with Gasteiger partial charge in [-0.2, -0.15) is 0 Å². The number of rotatable bonds is 7. The number of ether oxygens (including phenoxy) is 1. The molecule has 0 spiro atoms. The number of hydrogen-bond acceptors (Lipinski definition) is 3. The number of amides is 1. The van der Waals surface area contributed by atoms with Crippen molar-refractivity contribution in [1.29, 1.82) is 0 Å². The quantitative estimate of drug-likeness (QED) is 0.674. The topological polar surface area (TPSA) is 76.1 Å². The minimum Gasteiger partial charge on any atom is -0.497 e. The fourth-order valence-electron chi connectivity index (χ4n) is 3.38. The highest BCUT2D eigenvalue weighted by atomic mass is 16.5. The lowest BCUT2D eigenvalue weighted by Crippen LogP contribution is -2.35. The van der Waals surface area contributed by atoms with Gasteiger partial charge in [0.1, 0.15) is 5.75 Å². The molecule has 0 saturated carbocycles. The van der Waals surface area contributed by atoms with E-state index in [0.29, 0.717) is 13.1 Å². The Morgan fingerprint density at radius 3 is 2.52 bits per heavy atom. The Labute approximate surface area is 158 Å². The molecule has 1 atom stereocenters. The van der Waals surface area contributed by atoms with Crippen LogP contribution in [0.3, 0.4) is 0 Å². The number of carbonyl (C=O) groups excluding carboxylic acids is 1. The first-order valence-electron chi connectivity index (χ1n) is 9.10. The van der Waals surface area contributed by atoms with E-state index in [-0.39, 0.29) is 23.4 Å². The normalized spacial score (nSPS) is 12.3. The summed E-state index contributed by atoms with van der Waals surface area (Å²) in [5, 5.41) is 2.98. The van der Waals surface area contributed by atoms with Crippen LogP contribution in [0.25, 0.3) is 11.0 Å². The number of methoxy groups -OCH3 is 1. The van der Waals surface area contributed by atoms with E-state index in [1.165, 1.54) is 0 Å². The predicted molar refractivity (Wildman–Crippen MR) is 106 cm³/mol. The summed E-state index contributed by atoms with van der Waals surface area (Å²) in [6, 6.07) is 15.1. The lowest BCUT2D eigenvalue weighted by Gasteiger charge is -2.21. The van der Waals surface area contributed by atoms with Crippen molar-refractivity contribution in [2.45, 2.75) is 26.3 Å². The second-order valence-corrected chi connectivity index (χ2v) is 6.88. The Balaban J connectivity index is 1.69. The molecule has 0 aliphatic heterocycles. The summed E-state index contributed by atoms with van der Waals surface area (Å²) in [5.74, 6) is 0.619. The van der Waals surface area contributed by atoms with Crippen molar-refractivity contribution in [3.8, 4) is 5.75 Å². The van der Waals surface area contributed by atoms with Crippen LogP contribution in [0.15, 0.2) is 53.3 Å². The summed E-state index contributed by atoms with van der Waals surface area (Å²) in [7, 11) is 1.62. The zero-order valence-corrected chi connectivity index (χ0v) is 15.9. The number of hydrogen-bond donors (Lipinski definition) is 2. The molecule has 2 aromatic carbocycles. The standard InChI is InChI=1S/C21H25N3O3/c1-14(2)19(15-8-10-16(27-3)11-9-15)20(25)22-12-13-24-18-7-5-4-6-17(18)23-21(24)26/h4-11,14,19H,12-13H2,1-3H3,(H,22,25)(H,23,26). The van der Waals surface area contributed by atoms with Gasteiger partial charge in [0.15, 0.2) is 0 Å². The summed E-state index contributed by atoms with van der Waals surface area (Å²) in [5.41, 5.74) is 2.42. The molecule has 1 heterocycles. The lowest BCUT2D eigenvalue weighted by molar-refractivity contribution is -0.123. The number of nitrogens with one attached hydrogen (secondary N) is 2. The zero-order chi connectivity index (χ0) is 19.4. The van der Waals surface area contributed by atoms with E-state index in [1.54, 1.807) is 11.7 Å². The third-order valence-corrected chi connectivity index (χ3v) is 4.74. The minimum atomic E-state index is -0.254. The van der Waals surface area contributed by atoms with Crippen molar-refractivity contribution in [2.24, 2.45) is 5.92 Å². The van der Waals surface area contributed by atoms with Crippen LogP contribution in [0.2, 0.25) is 0 Å². The van der Waals surface area contributed by atoms with Crippen molar-refractivity contribution in [2.75, 3.05) is 13.7 Å². The monoisotopic (exact) mass is 367 g/mol. The van der Waals surface area contributed by atoms with Gasteiger partial charge in [0.05, 0.1) is 24.1 Å². The van der Waals surface area contributed by atoms with Crippen molar-refractivity contribution < 1.29 is 9.53 Å². The molecule has 0 radical (unpaired) electrons. The average molecular weight is 367 g/mol. The van der Waals surface area contributed by atoms with Gasteiger partial charge in [-0.25, -0.2) is 4.79 Å². The van der Waals surface area contributed by atoms with E-state index in [2.05, 4.69) is 10.3 Å². The van der Waals surface area contributed by atoms with Gasteiger partial charge in [-0.3, -0.25) is 9.36 Å². The van der Waals surface area contributed by atoms with Gasteiger partial charge < -0.3 is 15.0 Å². The maximum atomic E-state index is 12.8. The Bertz CT molecular complexity index is 970. The van der Waals surface area contributed by atoms with Crippen molar-refractivity contribution in [3.05, 3.63) is 64.6 Å². The molecular weight excluding hydrogens is 342 g/mol. The fourth-order valence-corrected chi connectivity index (χ4v) is 3.38. The maximum absolute atomic E-state index is 12.8. The first-order valence-corrected chi connectivity index (χ1v) is 9.10. The SMILES string of the molecule is COc1ccc(C(C(=O)NCCn2c(=O)[nH]c3ccccc32)C(C)C)cc1. The van der Waals surface area contributed by atoms with E-state index in [0.717, 1.165) is 22.3 Å². The second-order valence-electron chi connectivity index (χ2n) is 6.88. The highest BCUT2D eigenvalue weighted by Gasteiger charge is 2.24. The fraction of sp³-hybridized carbons (Fsp3) is 0.333. The number of carbonyl (C=O) groups is 1. The Hall–Kier alpha value is -3.02. The molecule has 3 aromatic rings. The number of benzene rings is 2. The number of fused-ring (bicyclic) bond motifs is 1. The molecule has 6 nitrogen and oxygen atoms in total. The summed E-state index contributed by atoms with van der Waals surface area (Å²) in [6.07, 6.45) is 0. The first-order chi connectivity index (χ1) is 13.0. The van der Waals surface area contributed by atoms with Gasteiger partial charge in [-0.1, -0.05) is 38.1 Å². The Morgan fingerprint density at radius 2 is 1.85 bits per heavy atom. The Kier molecular flexibility index (Phi) is 5.64. The molecule has 0 aliphatic rings. The van der Waals surface area contributed by atoms with Gasteiger partial charge in [-0.05, 0) is 35.7 Å². The zero-order valence-electron chi connectivity index (χ0n) is 15.9. The van der Waals surface area contributed by atoms with Gasteiger partial charge in [0.2, 0.25) is 5.91 Å². The number of aromatic amines is 1. The molecule has 0 aliphatic carbocycles. The van der Waals surface area contributed by atoms with E-state index >= 15 is 0 Å². The maximum Gasteiger partial charge on any atom is 0.326 e. The number of para-hydroxylation sites is 2. The van der Waals surface area contributed by atoms with Crippen LogP contribution >= 0.6 is 0 Å². The summed E-state index contributed by atoms with van der Waals surface area (Å²) in [6.45, 7) is 4.86. The van der Waals surface area contributed by atoms with Gasteiger partial charge in [0, 0.05) is 13.1 Å². The smallest absolute Gasteiger partial charge is 0.326 e. The molecule has 1 aromatic heterocycles. The molecule has 0 saturated heterocycles. The lowest BCUT2D eigenvalue weighted by atomic mass is 9.87. The second kappa shape index (κ2) is 8.12. The molecule has 1 unspecified atom stereocenters. The highest BCUT2D eigenvalue weighted by molar-refractivity contribution is 5.84. The minimum absolute atomic E-state index is 0.0388. The summed E-state index contributed by atoms with van der Waals surface area (Å²) < 4.78 is 6.83. The van der Waals surface area contributed by atoms with Crippen LogP contribution in [0, 0.1) is 5.92 Å². The van der Waals surface area contributed by atoms with E-state index in [1.807, 2.05) is 62.4 Å². The first kappa shape index (κ1) is 18.8. The van der Waals surface area contributed by atoms with Crippen LogP contribution in [0.1, 0.15) is 25.3 Å². The largest absolute Gasteiger partial charge is 0.497 e. The van der Waals surface area contributed by atoms with Gasteiger partial charge in [-0.15, -0.1) is 0 Å². The molecule has 0 fully saturated rings. The van der Waals surface area contributed by atoms with Gasteiger partial charge >= 0.3 is 5.69 Å². The summed E-state index contributed by atoms with van der Waals surface area (Å²) in [4.78, 5) is 27.7. The molecule has 142 valence electrons. The van der Waals surface area contributed by atoms with Crippen LogP contribution in [-0.2, 0) is 11.3 Å². The van der Waals surface area contributed by atoms with Gasteiger partial charge in [0.25, 0.3) is 0 Å². The highest BCUT2D eigenvalue weighted by Crippen LogP contribution is 2.26. The van der Waals surface area contributed by atoms with Crippen LogP contribution in [-0.4, -0.2) is 29.1 Å². The van der Waals surface area contributed by atoms with Crippen molar-refractivity contribution in [1.82, 2.24) is 14.9 Å². The molecular formula is C21H25N3O3. The number of imidazole rings is 1. The molecule has 6 heteroatoms. The van der Waals surface area contributed by atoms with Crippen LogP contribution in [0.4, 0.5) is 0 Å². The number of nitrogens with zero attached hydrogens (tertiary/aromatic N) is 1. The summed E-state index contributed by atoms with van der Waals surface area (Å²) >= 11 is 0. The van der Waals surface area contributed by atoms with Crippen molar-refractivity contribution in [3.63, 3.8) is 0 Å². The molecule has 1 amide bonds. The molecule has 2 N–H and O–H groups in total. The van der Waals surface area contributed by atoms with Crippen LogP contribution < -0.4 is 15.7 Å². The third kappa shape index (κ3) is 4.05. The van der Waals surface area contributed by atoms with Crippen molar-refractivity contribution >= 4 is 16.9 Å². The number of H-pyrrole nitrogens is 1. The average Bonchev–Trinajstić information content (AvgIpc) is 2.98. The Morgan fingerprint density at radius 1 is 1.15 bits per heavy atom. The molecule has 27 heavy (non-hydrogen) atoms. The van der Waals surface area contributed by atoms with E-state index in [9.17, 15) is 9.59 Å². The van der Waals surface area contributed by atoms with E-state index in [4.69, 9.17) is 4.74 Å².